The zero-order valence-corrected chi connectivity index (χ0v) is 10.4. The Labute approximate surface area is 110 Å². The first-order valence-corrected chi connectivity index (χ1v) is 6.35. The van der Waals surface area contributed by atoms with Crippen molar-refractivity contribution < 1.29 is 4.79 Å². The lowest BCUT2D eigenvalue weighted by Crippen LogP contribution is -2.24. The average Bonchev–Trinajstić information content (AvgIpc) is 2.89. The van der Waals surface area contributed by atoms with Crippen molar-refractivity contribution in [1.29, 1.82) is 0 Å². The fraction of sp³-hybridized carbons (Fsp3) is 0.200. The third-order valence-corrected chi connectivity index (χ3v) is 3.40. The van der Waals surface area contributed by atoms with Gasteiger partial charge in [-0.1, -0.05) is 18.2 Å². The second kappa shape index (κ2) is 4.72. The molecule has 0 atom stereocenters. The highest BCUT2D eigenvalue weighted by Gasteiger charge is 2.20. The maximum absolute atomic E-state index is 12.2. The number of anilines is 1. The number of hydrogen-bond donors (Lipinski definition) is 2. The number of carbonyl (C=O) groups is 1. The lowest BCUT2D eigenvalue weighted by Gasteiger charge is -2.06. The van der Waals surface area contributed by atoms with Gasteiger partial charge >= 0.3 is 0 Å². The van der Waals surface area contributed by atoms with Crippen LogP contribution in [0.2, 0.25) is 0 Å². The monoisotopic (exact) mass is 254 g/mol. The maximum atomic E-state index is 12.2. The number of pyridine rings is 1. The topological polar surface area (TPSA) is 62.0 Å². The summed E-state index contributed by atoms with van der Waals surface area (Å²) in [5.41, 5.74) is 2.47. The van der Waals surface area contributed by atoms with Crippen molar-refractivity contribution in [1.82, 2.24) is 4.98 Å². The van der Waals surface area contributed by atoms with E-state index in [1.165, 1.54) is 6.20 Å². The van der Waals surface area contributed by atoms with Crippen LogP contribution in [-0.4, -0.2) is 10.9 Å². The van der Waals surface area contributed by atoms with Crippen LogP contribution in [0.15, 0.2) is 41.3 Å². The molecule has 0 spiro atoms. The molecule has 96 valence electrons. The molecule has 1 aliphatic carbocycles. The standard InChI is InChI=1S/C15H14N2O2/c18-14-11-7-4-8-13(11)16-9-12(14)15(19)17-10-5-2-1-3-6-10/h1-3,5-6,9H,4,7-8H2,(H,16,18)(H,17,19). The fourth-order valence-electron chi connectivity index (χ4n) is 2.43. The summed E-state index contributed by atoms with van der Waals surface area (Å²) in [6.07, 6.45) is 4.15. The van der Waals surface area contributed by atoms with Crippen molar-refractivity contribution in [3.05, 3.63) is 63.6 Å². The van der Waals surface area contributed by atoms with Gasteiger partial charge in [-0.05, 0) is 31.4 Å². The molecule has 0 aliphatic heterocycles. The molecule has 1 aliphatic rings. The predicted octanol–water partition coefficient (Wildman–Crippen LogP) is 2.12. The Morgan fingerprint density at radius 2 is 1.95 bits per heavy atom. The molecule has 19 heavy (non-hydrogen) atoms. The van der Waals surface area contributed by atoms with Crippen LogP contribution in [0.5, 0.6) is 0 Å². The van der Waals surface area contributed by atoms with Gasteiger partial charge in [-0.3, -0.25) is 9.59 Å². The number of amides is 1. The van der Waals surface area contributed by atoms with E-state index in [9.17, 15) is 9.59 Å². The van der Waals surface area contributed by atoms with Gasteiger partial charge in [0.15, 0.2) is 5.43 Å². The summed E-state index contributed by atoms with van der Waals surface area (Å²) in [4.78, 5) is 27.4. The summed E-state index contributed by atoms with van der Waals surface area (Å²) >= 11 is 0. The fourth-order valence-corrected chi connectivity index (χ4v) is 2.43. The van der Waals surface area contributed by atoms with Crippen molar-refractivity contribution in [2.24, 2.45) is 0 Å². The minimum atomic E-state index is -0.359. The molecule has 2 N–H and O–H groups in total. The van der Waals surface area contributed by atoms with Crippen LogP contribution in [0.3, 0.4) is 0 Å². The van der Waals surface area contributed by atoms with Gasteiger partial charge in [0.1, 0.15) is 5.56 Å². The Bertz CT molecular complexity index is 674. The molecule has 4 nitrogen and oxygen atoms in total. The van der Waals surface area contributed by atoms with E-state index in [1.54, 1.807) is 12.1 Å². The van der Waals surface area contributed by atoms with Gasteiger partial charge in [-0.15, -0.1) is 0 Å². The number of carbonyl (C=O) groups excluding carboxylic acids is 1. The van der Waals surface area contributed by atoms with E-state index in [4.69, 9.17) is 0 Å². The van der Waals surface area contributed by atoms with Crippen molar-refractivity contribution in [3.8, 4) is 0 Å². The molecular formula is C15H14N2O2. The zero-order valence-electron chi connectivity index (χ0n) is 10.4. The number of aromatic nitrogens is 1. The molecule has 0 saturated carbocycles. The van der Waals surface area contributed by atoms with E-state index in [0.717, 1.165) is 30.5 Å². The molecule has 0 fully saturated rings. The van der Waals surface area contributed by atoms with E-state index in [-0.39, 0.29) is 16.9 Å². The highest BCUT2D eigenvalue weighted by atomic mass is 16.2. The summed E-state index contributed by atoms with van der Waals surface area (Å²) < 4.78 is 0. The van der Waals surface area contributed by atoms with Crippen LogP contribution < -0.4 is 10.7 Å². The highest BCUT2D eigenvalue weighted by Crippen LogP contribution is 2.16. The van der Waals surface area contributed by atoms with Gasteiger partial charge in [0.25, 0.3) is 5.91 Å². The number of nitrogens with one attached hydrogen (secondary N) is 2. The molecule has 1 aromatic carbocycles. The Morgan fingerprint density at radius 1 is 1.16 bits per heavy atom. The van der Waals surface area contributed by atoms with Gasteiger partial charge in [0.2, 0.25) is 0 Å². The number of para-hydroxylation sites is 1. The van der Waals surface area contributed by atoms with Gasteiger partial charge in [-0.2, -0.15) is 0 Å². The summed E-state index contributed by atoms with van der Waals surface area (Å²) in [5.74, 6) is -0.359. The Kier molecular flexibility index (Phi) is 2.91. The van der Waals surface area contributed by atoms with Crippen LogP contribution >= 0.6 is 0 Å². The molecule has 0 saturated heterocycles. The van der Waals surface area contributed by atoms with E-state index in [0.29, 0.717) is 5.69 Å². The van der Waals surface area contributed by atoms with Gasteiger partial charge in [0.05, 0.1) is 0 Å². The molecule has 0 bridgehead atoms. The lowest BCUT2D eigenvalue weighted by molar-refractivity contribution is 0.102. The van der Waals surface area contributed by atoms with Gasteiger partial charge < -0.3 is 10.3 Å². The predicted molar refractivity (Wildman–Crippen MR) is 73.5 cm³/mol. The maximum Gasteiger partial charge on any atom is 0.261 e. The third kappa shape index (κ3) is 2.17. The first-order valence-electron chi connectivity index (χ1n) is 6.35. The minimum absolute atomic E-state index is 0.139. The Hall–Kier alpha value is -2.36. The third-order valence-electron chi connectivity index (χ3n) is 3.40. The Morgan fingerprint density at radius 3 is 2.74 bits per heavy atom. The van der Waals surface area contributed by atoms with E-state index in [2.05, 4.69) is 10.3 Å². The van der Waals surface area contributed by atoms with Crippen molar-refractivity contribution in [2.75, 3.05) is 5.32 Å². The SMILES string of the molecule is O=C(Nc1ccccc1)c1c[nH]c2c(c1=O)CCC2. The molecule has 1 aromatic heterocycles. The van der Waals surface area contributed by atoms with E-state index < -0.39 is 0 Å². The second-order valence-corrected chi connectivity index (χ2v) is 4.66. The number of benzene rings is 1. The molecule has 1 heterocycles. The van der Waals surface area contributed by atoms with Crippen LogP contribution in [0.1, 0.15) is 28.0 Å². The molecule has 4 heteroatoms. The van der Waals surface area contributed by atoms with Crippen LogP contribution in [0.4, 0.5) is 5.69 Å². The summed E-state index contributed by atoms with van der Waals surface area (Å²) in [5, 5.41) is 2.73. The molecule has 1 amide bonds. The Balaban J connectivity index is 1.91. The first kappa shape index (κ1) is 11.7. The van der Waals surface area contributed by atoms with Crippen molar-refractivity contribution >= 4 is 11.6 Å². The molecule has 0 unspecified atom stereocenters. The van der Waals surface area contributed by atoms with E-state index >= 15 is 0 Å². The average molecular weight is 254 g/mol. The second-order valence-electron chi connectivity index (χ2n) is 4.66. The number of rotatable bonds is 2. The quantitative estimate of drug-likeness (QED) is 0.862. The number of fused-ring (bicyclic) bond motifs is 1. The zero-order chi connectivity index (χ0) is 13.2. The largest absolute Gasteiger partial charge is 0.364 e. The van der Waals surface area contributed by atoms with Crippen LogP contribution in [0.25, 0.3) is 0 Å². The van der Waals surface area contributed by atoms with Crippen LogP contribution in [0, 0.1) is 0 Å². The number of aryl methyl sites for hydroxylation is 1. The smallest absolute Gasteiger partial charge is 0.261 e. The van der Waals surface area contributed by atoms with E-state index in [1.807, 2.05) is 18.2 Å². The molecule has 0 radical (unpaired) electrons. The number of aromatic amines is 1. The van der Waals surface area contributed by atoms with Gasteiger partial charge in [0, 0.05) is 23.1 Å². The summed E-state index contributed by atoms with van der Waals surface area (Å²) in [6, 6.07) is 9.13. The molecule has 3 rings (SSSR count). The summed E-state index contributed by atoms with van der Waals surface area (Å²) in [6.45, 7) is 0. The number of hydrogen-bond acceptors (Lipinski definition) is 2. The normalized spacial score (nSPS) is 13.1. The highest BCUT2D eigenvalue weighted by molar-refractivity contribution is 6.04. The van der Waals surface area contributed by atoms with Crippen molar-refractivity contribution in [3.63, 3.8) is 0 Å². The lowest BCUT2D eigenvalue weighted by atomic mass is 10.1. The van der Waals surface area contributed by atoms with Crippen LogP contribution in [-0.2, 0) is 12.8 Å². The number of H-pyrrole nitrogens is 1. The summed E-state index contributed by atoms with van der Waals surface area (Å²) in [7, 11) is 0. The minimum Gasteiger partial charge on any atom is -0.364 e. The first-order chi connectivity index (χ1) is 9.25. The molecular weight excluding hydrogens is 240 g/mol. The van der Waals surface area contributed by atoms with Crippen molar-refractivity contribution in [2.45, 2.75) is 19.3 Å². The molecule has 2 aromatic rings. The van der Waals surface area contributed by atoms with Gasteiger partial charge in [-0.25, -0.2) is 0 Å².